The van der Waals surface area contributed by atoms with Crippen LogP contribution in [-0.2, 0) is 28.8 Å². The maximum Gasteiger partial charge on any atom is 0.350 e. The Kier molecular flexibility index (Phi) is 9.47. The zero-order valence-corrected chi connectivity index (χ0v) is 28.2. The molecule has 3 aliphatic rings. The number of carbonyl (C=O) groups is 7. The molecule has 0 saturated carbocycles. The number of benzene rings is 1. The Morgan fingerprint density at radius 1 is 1.14 bits per heavy atom. The van der Waals surface area contributed by atoms with Crippen molar-refractivity contribution in [1.82, 2.24) is 30.5 Å². The fraction of sp³-hybridized carbons (Fsp3) is 0.370. The molecule has 0 aliphatic carbocycles. The summed E-state index contributed by atoms with van der Waals surface area (Å²) in [5.74, 6) is -8.72. The second-order valence-corrected chi connectivity index (χ2v) is 14.1. The third-order valence-electron chi connectivity index (χ3n) is 7.77. The molecule has 4 heterocycles. The molecule has 1 aromatic carbocycles. The van der Waals surface area contributed by atoms with Gasteiger partial charge in [0.25, 0.3) is 11.7 Å². The Hall–Kier alpha value is -5.35. The van der Waals surface area contributed by atoms with Gasteiger partial charge in [0, 0.05) is 18.5 Å². The molecule has 0 radical (unpaired) electrons. The van der Waals surface area contributed by atoms with Gasteiger partial charge in [0.05, 0.1) is 17.1 Å². The number of carbonyl (C=O) groups excluding carboxylic acids is 5. The highest BCUT2D eigenvalue weighted by Crippen LogP contribution is 2.49. The summed E-state index contributed by atoms with van der Waals surface area (Å²) in [6, 6.07) is -0.418. The van der Waals surface area contributed by atoms with Crippen LogP contribution in [0.5, 0.6) is 11.5 Å². The van der Waals surface area contributed by atoms with Crippen molar-refractivity contribution >= 4 is 87.0 Å². The van der Waals surface area contributed by atoms with E-state index in [0.29, 0.717) is 11.8 Å². The molecule has 3 fully saturated rings. The minimum Gasteiger partial charge on any atom is -0.504 e. The average molecular weight is 755 g/mol. The summed E-state index contributed by atoms with van der Waals surface area (Å²) in [5.41, 5.74) is 4.86. The Labute approximate surface area is 293 Å². The van der Waals surface area contributed by atoms with Crippen molar-refractivity contribution in [3.05, 3.63) is 33.8 Å². The number of aliphatic carboxylic acids is 2. The number of carboxylic acids is 2. The number of urea groups is 1. The highest BCUT2D eigenvalue weighted by Gasteiger charge is 2.66. The number of nitrogens with zero attached hydrogens (tertiary/aromatic N) is 5. The molecule has 2 aromatic rings. The lowest BCUT2D eigenvalue weighted by atomic mass is 10.0. The number of aromatic nitrogens is 1. The number of Topliss-reactive ketones (excluding diaryl/α,β-unsaturated/α-hetero) is 1. The highest BCUT2D eigenvalue weighted by atomic mass is 35.5. The number of rotatable bonds is 11. The standard InChI is InChI=1S/C27H27ClN8O12S2/c1-26(2,22(43)44)48-33-14(11-8-49-24(29)30-11)18(40)31-15-20(42)34-9-27(23(45)46,50-21(15)34)35-6-3-7-36(25(35)47)32-19(41)16(38)10-4-5-12(37)17(39)13(10)28/h4-5,8,15,21,37,39H,3,6-7,9H2,1-2H3,(H2,29,30)(H,31,40)(H,32,41)(H,43,44)(H,45,46)/b33-14-/t15-,21-,27-/m1/s1. The van der Waals surface area contributed by atoms with Gasteiger partial charge in [-0.25, -0.2) is 24.4 Å². The largest absolute Gasteiger partial charge is 0.504 e. The molecule has 3 aliphatic heterocycles. The van der Waals surface area contributed by atoms with Crippen LogP contribution in [-0.4, -0.2) is 129 Å². The number of hydrazine groups is 1. The number of halogens is 1. The number of phenols is 2. The van der Waals surface area contributed by atoms with Crippen molar-refractivity contribution in [3.63, 3.8) is 0 Å². The first-order chi connectivity index (χ1) is 23.4. The lowest BCUT2D eigenvalue weighted by molar-refractivity contribution is -0.161. The second-order valence-electron chi connectivity index (χ2n) is 11.4. The van der Waals surface area contributed by atoms with Crippen molar-refractivity contribution in [3.8, 4) is 11.5 Å². The van der Waals surface area contributed by atoms with Crippen LogP contribution in [0.25, 0.3) is 0 Å². The molecular formula is C27H27ClN8O12S2. The van der Waals surface area contributed by atoms with E-state index in [1.165, 1.54) is 19.2 Å². The fourth-order valence-corrected chi connectivity index (χ4v) is 7.43. The molecule has 50 heavy (non-hydrogen) atoms. The molecule has 0 bridgehead atoms. The average Bonchev–Trinajstić information content (AvgIpc) is 3.65. The van der Waals surface area contributed by atoms with Gasteiger partial charge < -0.3 is 41.2 Å². The quantitative estimate of drug-likeness (QED) is 0.0383. The van der Waals surface area contributed by atoms with Gasteiger partial charge in [-0.1, -0.05) is 28.5 Å². The number of phenolic OH excluding ortho intramolecular Hbond substituents is 2. The molecule has 5 rings (SSSR count). The van der Waals surface area contributed by atoms with Gasteiger partial charge in [-0.05, 0) is 32.4 Å². The molecule has 3 saturated heterocycles. The van der Waals surface area contributed by atoms with Crippen LogP contribution in [0.3, 0.4) is 0 Å². The summed E-state index contributed by atoms with van der Waals surface area (Å²) in [6.07, 6.45) is 0.124. The van der Waals surface area contributed by atoms with E-state index in [4.69, 9.17) is 22.2 Å². The molecular weight excluding hydrogens is 728 g/mol. The van der Waals surface area contributed by atoms with Crippen LogP contribution in [0.1, 0.15) is 36.3 Å². The van der Waals surface area contributed by atoms with Crippen LogP contribution in [0.4, 0.5) is 9.93 Å². The number of hydrogen-bond acceptors (Lipinski definition) is 15. The van der Waals surface area contributed by atoms with Crippen molar-refractivity contribution in [1.29, 1.82) is 0 Å². The topological polar surface area (TPSA) is 295 Å². The zero-order chi connectivity index (χ0) is 36.9. The number of ketones is 1. The summed E-state index contributed by atoms with van der Waals surface area (Å²) in [5, 5.41) is 45.8. The van der Waals surface area contributed by atoms with E-state index in [1.807, 2.05) is 0 Å². The number of thioether (sulfide) groups is 1. The number of amides is 5. The fourth-order valence-electron chi connectivity index (χ4n) is 5.00. The van der Waals surface area contributed by atoms with Gasteiger partial charge in [0.15, 0.2) is 22.3 Å². The maximum atomic E-state index is 13.6. The molecule has 266 valence electrons. The lowest BCUT2D eigenvalue weighted by Gasteiger charge is -2.42. The molecule has 8 N–H and O–H groups in total. The van der Waals surface area contributed by atoms with Crippen LogP contribution in [0, 0.1) is 0 Å². The minimum absolute atomic E-state index is 0.0470. The Bertz CT molecular complexity index is 1870. The maximum absolute atomic E-state index is 13.6. The van der Waals surface area contributed by atoms with E-state index in [-0.39, 0.29) is 30.3 Å². The van der Waals surface area contributed by atoms with E-state index < -0.39 is 97.7 Å². The van der Waals surface area contributed by atoms with Crippen molar-refractivity contribution in [2.24, 2.45) is 5.16 Å². The number of hydrogen-bond donors (Lipinski definition) is 7. The minimum atomic E-state index is -2.09. The highest BCUT2D eigenvalue weighted by molar-refractivity contribution is 8.02. The summed E-state index contributed by atoms with van der Waals surface area (Å²) in [7, 11) is 0. The first-order valence-corrected chi connectivity index (χ1v) is 16.4. The van der Waals surface area contributed by atoms with E-state index >= 15 is 0 Å². The van der Waals surface area contributed by atoms with E-state index in [1.54, 1.807) is 0 Å². The number of oxime groups is 1. The number of nitrogens with two attached hydrogens (primary N) is 1. The predicted molar refractivity (Wildman–Crippen MR) is 172 cm³/mol. The molecule has 23 heteroatoms. The summed E-state index contributed by atoms with van der Waals surface area (Å²) < 4.78 is 0. The Morgan fingerprint density at radius 3 is 2.46 bits per heavy atom. The molecule has 1 aromatic heterocycles. The van der Waals surface area contributed by atoms with Gasteiger partial charge in [0.2, 0.25) is 16.4 Å². The predicted octanol–water partition coefficient (Wildman–Crippen LogP) is -0.404. The monoisotopic (exact) mass is 754 g/mol. The summed E-state index contributed by atoms with van der Waals surface area (Å²) >= 11 is 7.51. The van der Waals surface area contributed by atoms with Crippen LogP contribution >= 0.6 is 34.7 Å². The van der Waals surface area contributed by atoms with E-state index in [0.717, 1.165) is 38.3 Å². The zero-order valence-electron chi connectivity index (χ0n) is 25.8. The number of β-lactam (4-membered cyclic amide) rings is 1. The SMILES string of the molecule is CC(C)(O/N=C(\C(=O)N[C@@H]1C(=O)N2C[C@@](C(=O)O)(N3CCCN(NC(=O)C(=O)c4ccc(O)c(O)c4Cl)C3=O)S[C@H]12)c1csc(N)n1)C(=O)O. The number of fused-ring (bicyclic) bond motifs is 1. The van der Waals surface area contributed by atoms with Crippen LogP contribution in [0.15, 0.2) is 22.7 Å². The van der Waals surface area contributed by atoms with Gasteiger partial charge in [0.1, 0.15) is 17.1 Å². The summed E-state index contributed by atoms with van der Waals surface area (Å²) in [6.45, 7) is 1.61. The number of thiazole rings is 1. The molecule has 0 unspecified atom stereocenters. The number of nitrogen functional groups attached to an aromatic ring is 1. The number of nitrogens with one attached hydrogen (secondary N) is 2. The van der Waals surface area contributed by atoms with E-state index in [2.05, 4.69) is 20.9 Å². The van der Waals surface area contributed by atoms with E-state index in [9.17, 15) is 54.0 Å². The Morgan fingerprint density at radius 2 is 1.84 bits per heavy atom. The van der Waals surface area contributed by atoms with Gasteiger partial charge >= 0.3 is 23.9 Å². The number of aromatic hydroxyl groups is 2. The molecule has 20 nitrogen and oxygen atoms in total. The van der Waals surface area contributed by atoms with Crippen molar-refractivity contribution in [2.45, 2.75) is 42.2 Å². The van der Waals surface area contributed by atoms with Crippen molar-refractivity contribution in [2.75, 3.05) is 25.4 Å². The third-order valence-corrected chi connectivity index (χ3v) is 10.5. The summed E-state index contributed by atoms with van der Waals surface area (Å²) in [4.78, 5) is 99.0. The van der Waals surface area contributed by atoms with Gasteiger partial charge in [-0.15, -0.1) is 11.3 Å². The Balaban J connectivity index is 1.32. The first kappa shape index (κ1) is 35.9. The molecule has 0 spiro atoms. The lowest BCUT2D eigenvalue weighted by Crippen LogP contribution is -2.68. The molecule has 3 atom stereocenters. The van der Waals surface area contributed by atoms with Crippen molar-refractivity contribution < 1.29 is 58.8 Å². The third kappa shape index (κ3) is 6.27. The number of anilines is 1. The number of carboxylic acid groups (broad SMARTS) is 2. The molecule has 5 amide bonds. The normalized spacial score (nSPS) is 22.1. The first-order valence-electron chi connectivity index (χ1n) is 14.3. The van der Waals surface area contributed by atoms with Gasteiger partial charge in [-0.3, -0.25) is 29.5 Å². The second kappa shape index (κ2) is 13.2. The van der Waals surface area contributed by atoms with Crippen LogP contribution < -0.4 is 16.5 Å². The van der Waals surface area contributed by atoms with Crippen LogP contribution in [0.2, 0.25) is 5.02 Å². The smallest absolute Gasteiger partial charge is 0.350 e. The van der Waals surface area contributed by atoms with Gasteiger partial charge in [-0.2, -0.15) is 0 Å².